The predicted molar refractivity (Wildman–Crippen MR) is 114 cm³/mol. The maximum atomic E-state index is 12.8. The lowest BCUT2D eigenvalue weighted by molar-refractivity contribution is -0.132. The third-order valence-corrected chi connectivity index (χ3v) is 5.48. The topological polar surface area (TPSA) is 78.7 Å². The lowest BCUT2D eigenvalue weighted by Crippen LogP contribution is -2.49. The second kappa shape index (κ2) is 9.30. The van der Waals surface area contributed by atoms with E-state index in [4.69, 9.17) is 17.3 Å². The lowest BCUT2D eigenvalue weighted by Gasteiger charge is -2.36. The summed E-state index contributed by atoms with van der Waals surface area (Å²) in [4.78, 5) is 28.3. The second-order valence-corrected chi connectivity index (χ2v) is 8.02. The molecule has 6 nitrogen and oxygen atoms in total. The molecule has 0 radical (unpaired) electrons. The molecule has 1 fully saturated rings. The average Bonchev–Trinajstić information content (AvgIpc) is 2.67. The zero-order valence-corrected chi connectivity index (χ0v) is 17.6. The minimum atomic E-state index is -0.649. The molecule has 8 heteroatoms. The molecular formula is C20H22BrClN4O2. The molecule has 0 bridgehead atoms. The van der Waals surface area contributed by atoms with Crippen molar-refractivity contribution in [1.29, 1.82) is 0 Å². The van der Waals surface area contributed by atoms with Crippen LogP contribution in [0.15, 0.2) is 53.0 Å². The average molecular weight is 466 g/mol. The van der Waals surface area contributed by atoms with E-state index in [0.29, 0.717) is 18.1 Å². The Kier molecular flexibility index (Phi) is 6.80. The Labute approximate surface area is 177 Å². The fourth-order valence-corrected chi connectivity index (χ4v) is 3.94. The monoisotopic (exact) mass is 464 g/mol. The number of piperazine rings is 1. The number of halogens is 2. The first-order valence-electron chi connectivity index (χ1n) is 9.02. The van der Waals surface area contributed by atoms with Gasteiger partial charge in [-0.05, 0) is 35.9 Å². The smallest absolute Gasteiger partial charge is 0.312 e. The minimum Gasteiger partial charge on any atom is -0.368 e. The minimum absolute atomic E-state index is 0.00975. The summed E-state index contributed by atoms with van der Waals surface area (Å²) in [7, 11) is 0. The number of hydrogen-bond donors (Lipinski definition) is 2. The number of rotatable bonds is 5. The van der Waals surface area contributed by atoms with Crippen LogP contribution in [0.4, 0.5) is 10.5 Å². The fourth-order valence-electron chi connectivity index (χ4n) is 3.34. The fraction of sp³-hybridized carbons (Fsp3) is 0.300. The van der Waals surface area contributed by atoms with Gasteiger partial charge in [-0.3, -0.25) is 4.79 Å². The van der Waals surface area contributed by atoms with Crippen LogP contribution in [0.5, 0.6) is 0 Å². The highest BCUT2D eigenvalue weighted by Crippen LogP contribution is 2.24. The number of benzene rings is 2. The van der Waals surface area contributed by atoms with Gasteiger partial charge in [0.1, 0.15) is 0 Å². The van der Waals surface area contributed by atoms with E-state index in [1.165, 1.54) is 0 Å². The molecule has 3 amide bonds. The Balaban J connectivity index is 1.62. The van der Waals surface area contributed by atoms with Crippen LogP contribution in [0, 0.1) is 0 Å². The van der Waals surface area contributed by atoms with Crippen molar-refractivity contribution >= 4 is 45.2 Å². The first kappa shape index (κ1) is 20.5. The van der Waals surface area contributed by atoms with Gasteiger partial charge in [0.15, 0.2) is 0 Å². The molecule has 1 heterocycles. The Morgan fingerprint density at radius 2 is 1.82 bits per heavy atom. The molecule has 2 aromatic rings. The van der Waals surface area contributed by atoms with Crippen molar-refractivity contribution in [3.63, 3.8) is 0 Å². The number of amides is 3. The molecule has 3 rings (SSSR count). The van der Waals surface area contributed by atoms with Gasteiger partial charge in [-0.1, -0.05) is 45.7 Å². The van der Waals surface area contributed by atoms with Gasteiger partial charge in [-0.2, -0.15) is 0 Å². The lowest BCUT2D eigenvalue weighted by atomic mass is 10.0. The summed E-state index contributed by atoms with van der Waals surface area (Å²) in [5.41, 5.74) is 7.20. The van der Waals surface area contributed by atoms with Crippen molar-refractivity contribution < 1.29 is 9.59 Å². The number of carbonyl (C=O) groups is 2. The van der Waals surface area contributed by atoms with Gasteiger partial charge in [0.2, 0.25) is 5.91 Å². The van der Waals surface area contributed by atoms with Crippen LogP contribution in [0.1, 0.15) is 18.0 Å². The van der Waals surface area contributed by atoms with E-state index >= 15 is 0 Å². The van der Waals surface area contributed by atoms with Crippen LogP contribution in [-0.2, 0) is 4.79 Å². The maximum Gasteiger partial charge on any atom is 0.312 e. The summed E-state index contributed by atoms with van der Waals surface area (Å²) < 4.78 is 0.879. The highest BCUT2D eigenvalue weighted by atomic mass is 79.9. The molecule has 0 aliphatic carbocycles. The van der Waals surface area contributed by atoms with Crippen LogP contribution in [0.3, 0.4) is 0 Å². The molecule has 0 saturated carbocycles. The quantitative estimate of drug-likeness (QED) is 0.709. The molecule has 0 spiro atoms. The molecule has 1 aliphatic heterocycles. The van der Waals surface area contributed by atoms with Crippen LogP contribution in [-0.4, -0.2) is 43.0 Å². The predicted octanol–water partition coefficient (Wildman–Crippen LogP) is 3.55. The standard InChI is InChI=1S/C20H22BrClN4O2/c21-15-4-1-3-14(11-15)18(24-20(23)28)13-19(27)26-9-7-25(8-10-26)17-6-2-5-16(22)12-17/h1-6,11-12,18H,7-10,13H2,(H3,23,24,28)/t18-/m1/s1. The van der Waals surface area contributed by atoms with E-state index in [0.717, 1.165) is 28.8 Å². The van der Waals surface area contributed by atoms with Gasteiger partial charge in [-0.25, -0.2) is 4.79 Å². The van der Waals surface area contributed by atoms with E-state index in [9.17, 15) is 9.59 Å². The molecule has 148 valence electrons. The van der Waals surface area contributed by atoms with Crippen molar-refractivity contribution in [2.45, 2.75) is 12.5 Å². The van der Waals surface area contributed by atoms with E-state index < -0.39 is 12.1 Å². The van der Waals surface area contributed by atoms with E-state index in [1.54, 1.807) is 0 Å². The summed E-state index contributed by atoms with van der Waals surface area (Å²) in [6.45, 7) is 2.70. The highest BCUT2D eigenvalue weighted by molar-refractivity contribution is 9.10. The summed E-state index contributed by atoms with van der Waals surface area (Å²) in [5, 5.41) is 3.38. The largest absolute Gasteiger partial charge is 0.368 e. The molecule has 0 unspecified atom stereocenters. The summed E-state index contributed by atoms with van der Waals surface area (Å²) in [6, 6.07) is 14.1. The van der Waals surface area contributed by atoms with Crippen molar-refractivity contribution in [3.8, 4) is 0 Å². The van der Waals surface area contributed by atoms with Crippen LogP contribution >= 0.6 is 27.5 Å². The number of hydrogen-bond acceptors (Lipinski definition) is 3. The van der Waals surface area contributed by atoms with Gasteiger partial charge in [0, 0.05) is 41.4 Å². The first-order chi connectivity index (χ1) is 13.4. The number of primary amides is 1. The SMILES string of the molecule is NC(=O)N[C@H](CC(=O)N1CCN(c2cccc(Cl)c2)CC1)c1cccc(Br)c1. The Morgan fingerprint density at radius 1 is 1.11 bits per heavy atom. The van der Waals surface area contributed by atoms with E-state index in [2.05, 4.69) is 26.1 Å². The van der Waals surface area contributed by atoms with Gasteiger partial charge >= 0.3 is 6.03 Å². The summed E-state index contributed by atoms with van der Waals surface area (Å²) in [5.74, 6) is -0.00975. The summed E-state index contributed by atoms with van der Waals surface area (Å²) >= 11 is 9.49. The molecule has 0 aromatic heterocycles. The second-order valence-electron chi connectivity index (χ2n) is 6.67. The number of nitrogens with zero attached hydrogens (tertiary/aromatic N) is 2. The van der Waals surface area contributed by atoms with E-state index in [1.807, 2.05) is 53.4 Å². The van der Waals surface area contributed by atoms with Crippen molar-refractivity contribution in [2.75, 3.05) is 31.1 Å². The molecule has 2 aromatic carbocycles. The zero-order chi connectivity index (χ0) is 20.1. The van der Waals surface area contributed by atoms with Gasteiger partial charge in [-0.15, -0.1) is 0 Å². The molecule has 1 saturated heterocycles. The number of nitrogens with one attached hydrogen (secondary N) is 1. The van der Waals surface area contributed by atoms with E-state index in [-0.39, 0.29) is 12.3 Å². The Bertz CT molecular complexity index is 856. The Hall–Kier alpha value is -2.25. The van der Waals surface area contributed by atoms with Crippen molar-refractivity contribution in [3.05, 3.63) is 63.6 Å². The maximum absolute atomic E-state index is 12.8. The number of anilines is 1. The molecule has 28 heavy (non-hydrogen) atoms. The van der Waals surface area contributed by atoms with Crippen LogP contribution in [0.25, 0.3) is 0 Å². The molecule has 1 atom stereocenters. The van der Waals surface area contributed by atoms with Gasteiger partial charge < -0.3 is 20.9 Å². The highest BCUT2D eigenvalue weighted by Gasteiger charge is 2.25. The number of carbonyl (C=O) groups excluding carboxylic acids is 2. The molecular weight excluding hydrogens is 444 g/mol. The van der Waals surface area contributed by atoms with Crippen molar-refractivity contribution in [1.82, 2.24) is 10.2 Å². The molecule has 1 aliphatic rings. The van der Waals surface area contributed by atoms with Crippen molar-refractivity contribution in [2.24, 2.45) is 5.73 Å². The number of urea groups is 1. The Morgan fingerprint density at radius 3 is 2.46 bits per heavy atom. The summed E-state index contributed by atoms with van der Waals surface area (Å²) in [6.07, 6.45) is 0.163. The van der Waals surface area contributed by atoms with Crippen LogP contribution in [0.2, 0.25) is 5.02 Å². The molecule has 3 N–H and O–H groups in total. The normalized spacial score (nSPS) is 15.2. The van der Waals surface area contributed by atoms with Gasteiger partial charge in [0.05, 0.1) is 12.5 Å². The van der Waals surface area contributed by atoms with Gasteiger partial charge in [0.25, 0.3) is 0 Å². The third kappa shape index (κ3) is 5.39. The first-order valence-corrected chi connectivity index (χ1v) is 10.2. The third-order valence-electron chi connectivity index (χ3n) is 4.75. The zero-order valence-electron chi connectivity index (χ0n) is 15.3. The van der Waals surface area contributed by atoms with Crippen LogP contribution < -0.4 is 16.0 Å². The number of nitrogens with two attached hydrogens (primary N) is 1.